The molecule has 0 amide bonds. The van der Waals surface area contributed by atoms with Gasteiger partial charge in [0.15, 0.2) is 0 Å². The maximum atomic E-state index is 12.6. The third kappa shape index (κ3) is 2.14. The predicted octanol–water partition coefficient (Wildman–Crippen LogP) is 2.64. The number of nitrogen functional groups attached to an aromatic ring is 1. The van der Waals surface area contributed by atoms with Gasteiger partial charge in [-0.3, -0.25) is 4.79 Å². The fraction of sp³-hybridized carbons (Fsp3) is 0.600. The van der Waals surface area contributed by atoms with Crippen molar-refractivity contribution in [1.82, 2.24) is 9.66 Å². The molecule has 0 bridgehead atoms. The van der Waals surface area contributed by atoms with Gasteiger partial charge in [-0.25, -0.2) is 9.66 Å². The Labute approximate surface area is 122 Å². The van der Waals surface area contributed by atoms with Crippen LogP contribution in [-0.4, -0.2) is 9.66 Å². The van der Waals surface area contributed by atoms with Gasteiger partial charge in [0.25, 0.3) is 5.56 Å². The first-order valence-corrected chi connectivity index (χ1v) is 8.24. The van der Waals surface area contributed by atoms with Crippen LogP contribution in [-0.2, 0) is 19.3 Å². The number of nitrogens with zero attached hydrogens (tertiary/aromatic N) is 2. The van der Waals surface area contributed by atoms with E-state index in [0.717, 1.165) is 48.1 Å². The Morgan fingerprint density at radius 2 is 2.30 bits per heavy atom. The van der Waals surface area contributed by atoms with Crippen LogP contribution in [0.5, 0.6) is 0 Å². The Morgan fingerprint density at radius 3 is 3.05 bits per heavy atom. The van der Waals surface area contributed by atoms with Crippen molar-refractivity contribution in [2.45, 2.75) is 52.4 Å². The summed E-state index contributed by atoms with van der Waals surface area (Å²) in [7, 11) is 0. The summed E-state index contributed by atoms with van der Waals surface area (Å²) in [4.78, 5) is 19.4. The SMILES string of the molecule is CCCCc1nc2sc3c(c2c(=O)n1N)C[C@@H](C)CC3. The quantitative estimate of drug-likeness (QED) is 0.884. The number of aryl methyl sites for hydroxylation is 2. The van der Waals surface area contributed by atoms with Crippen molar-refractivity contribution in [3.05, 3.63) is 26.6 Å². The molecule has 0 spiro atoms. The molecule has 5 heteroatoms. The molecule has 1 aliphatic carbocycles. The van der Waals surface area contributed by atoms with Gasteiger partial charge in [-0.05, 0) is 37.2 Å². The molecule has 108 valence electrons. The molecular weight excluding hydrogens is 270 g/mol. The molecule has 0 unspecified atom stereocenters. The number of thiophene rings is 1. The largest absolute Gasteiger partial charge is 0.335 e. The van der Waals surface area contributed by atoms with Crippen molar-refractivity contribution in [2.75, 3.05) is 5.84 Å². The average molecular weight is 291 g/mol. The number of aromatic nitrogens is 2. The molecule has 0 saturated heterocycles. The van der Waals surface area contributed by atoms with E-state index in [9.17, 15) is 4.79 Å². The van der Waals surface area contributed by atoms with Crippen LogP contribution in [0.4, 0.5) is 0 Å². The minimum Gasteiger partial charge on any atom is -0.335 e. The summed E-state index contributed by atoms with van der Waals surface area (Å²) in [5.41, 5.74) is 1.15. The van der Waals surface area contributed by atoms with Crippen LogP contribution in [0, 0.1) is 5.92 Å². The zero-order chi connectivity index (χ0) is 14.3. The topological polar surface area (TPSA) is 60.9 Å². The van der Waals surface area contributed by atoms with Gasteiger partial charge in [0.05, 0.1) is 5.39 Å². The third-order valence-corrected chi connectivity index (χ3v) is 5.37. The summed E-state index contributed by atoms with van der Waals surface area (Å²) in [5, 5.41) is 0.777. The fourth-order valence-electron chi connectivity index (χ4n) is 2.96. The first kappa shape index (κ1) is 13.6. The molecule has 3 rings (SSSR count). The van der Waals surface area contributed by atoms with Gasteiger partial charge in [0.1, 0.15) is 10.7 Å². The highest BCUT2D eigenvalue weighted by Crippen LogP contribution is 2.35. The Bertz CT molecular complexity index is 701. The normalized spacial score (nSPS) is 18.4. The van der Waals surface area contributed by atoms with E-state index in [1.165, 1.54) is 21.5 Å². The van der Waals surface area contributed by atoms with Crippen molar-refractivity contribution in [1.29, 1.82) is 0 Å². The number of hydrogen-bond donors (Lipinski definition) is 1. The van der Waals surface area contributed by atoms with Crippen molar-refractivity contribution >= 4 is 21.6 Å². The number of unbranched alkanes of at least 4 members (excludes halogenated alkanes) is 1. The molecule has 0 aliphatic heterocycles. The predicted molar refractivity (Wildman–Crippen MR) is 83.8 cm³/mol. The molecule has 1 atom stereocenters. The highest BCUT2D eigenvalue weighted by molar-refractivity contribution is 7.18. The molecule has 2 aromatic rings. The minimum absolute atomic E-state index is 0.0623. The summed E-state index contributed by atoms with van der Waals surface area (Å²) in [6, 6.07) is 0. The molecular formula is C15H21N3OS. The van der Waals surface area contributed by atoms with Crippen LogP contribution in [0.3, 0.4) is 0 Å². The van der Waals surface area contributed by atoms with E-state index >= 15 is 0 Å². The molecule has 4 nitrogen and oxygen atoms in total. The van der Waals surface area contributed by atoms with Crippen LogP contribution in [0.2, 0.25) is 0 Å². The number of rotatable bonds is 3. The van der Waals surface area contributed by atoms with Gasteiger partial charge in [0.2, 0.25) is 0 Å². The average Bonchev–Trinajstić information content (AvgIpc) is 2.78. The Hall–Kier alpha value is -1.36. The van der Waals surface area contributed by atoms with E-state index in [1.54, 1.807) is 11.3 Å². The zero-order valence-electron chi connectivity index (χ0n) is 12.1. The van der Waals surface area contributed by atoms with Crippen LogP contribution >= 0.6 is 11.3 Å². The minimum atomic E-state index is -0.0623. The van der Waals surface area contributed by atoms with Gasteiger partial charge < -0.3 is 5.84 Å². The van der Waals surface area contributed by atoms with Crippen LogP contribution in [0.25, 0.3) is 10.2 Å². The number of hydrogen-bond acceptors (Lipinski definition) is 4. The van der Waals surface area contributed by atoms with Gasteiger partial charge in [-0.2, -0.15) is 0 Å². The first-order chi connectivity index (χ1) is 9.61. The summed E-state index contributed by atoms with van der Waals surface area (Å²) in [5.74, 6) is 7.33. The Balaban J connectivity index is 2.17. The van der Waals surface area contributed by atoms with E-state index < -0.39 is 0 Å². The molecule has 1 aliphatic rings. The standard InChI is InChI=1S/C15H21N3OS/c1-3-4-5-12-17-14-13(15(19)18(12)16)10-8-9(2)6-7-11(10)20-14/h9H,3-8,16H2,1-2H3/t9-/m0/s1. The molecule has 2 aromatic heterocycles. The second kappa shape index (κ2) is 5.20. The van der Waals surface area contributed by atoms with Crippen LogP contribution in [0.15, 0.2) is 4.79 Å². The Kier molecular flexibility index (Phi) is 3.54. The van der Waals surface area contributed by atoms with Crippen molar-refractivity contribution in [3.8, 4) is 0 Å². The first-order valence-electron chi connectivity index (χ1n) is 7.43. The van der Waals surface area contributed by atoms with E-state index in [1.807, 2.05) is 0 Å². The van der Waals surface area contributed by atoms with Crippen LogP contribution in [0.1, 0.15) is 49.4 Å². The summed E-state index contributed by atoms with van der Waals surface area (Å²) in [6.07, 6.45) is 6.13. The molecule has 0 aromatic carbocycles. The maximum absolute atomic E-state index is 12.6. The van der Waals surface area contributed by atoms with E-state index in [4.69, 9.17) is 5.84 Å². The monoisotopic (exact) mass is 291 g/mol. The van der Waals surface area contributed by atoms with E-state index in [2.05, 4.69) is 18.8 Å². The van der Waals surface area contributed by atoms with Crippen molar-refractivity contribution in [3.63, 3.8) is 0 Å². The van der Waals surface area contributed by atoms with Gasteiger partial charge in [-0.15, -0.1) is 11.3 Å². The van der Waals surface area contributed by atoms with Gasteiger partial charge in [0, 0.05) is 11.3 Å². The second-order valence-electron chi connectivity index (χ2n) is 5.84. The lowest BCUT2D eigenvalue weighted by molar-refractivity contribution is 0.508. The molecule has 0 radical (unpaired) electrons. The summed E-state index contributed by atoms with van der Waals surface area (Å²) >= 11 is 1.69. The summed E-state index contributed by atoms with van der Waals surface area (Å²) < 4.78 is 1.27. The lowest BCUT2D eigenvalue weighted by atomic mass is 9.89. The van der Waals surface area contributed by atoms with Crippen LogP contribution < -0.4 is 11.4 Å². The number of fused-ring (bicyclic) bond motifs is 3. The second-order valence-corrected chi connectivity index (χ2v) is 6.92. The van der Waals surface area contributed by atoms with Crippen molar-refractivity contribution < 1.29 is 0 Å². The highest BCUT2D eigenvalue weighted by Gasteiger charge is 2.24. The van der Waals surface area contributed by atoms with E-state index in [0.29, 0.717) is 5.92 Å². The summed E-state index contributed by atoms with van der Waals surface area (Å²) in [6.45, 7) is 4.37. The zero-order valence-corrected chi connectivity index (χ0v) is 12.9. The third-order valence-electron chi connectivity index (χ3n) is 4.18. The maximum Gasteiger partial charge on any atom is 0.280 e. The molecule has 2 heterocycles. The lowest BCUT2D eigenvalue weighted by Crippen LogP contribution is -2.32. The fourth-order valence-corrected chi connectivity index (χ4v) is 4.19. The van der Waals surface area contributed by atoms with Gasteiger partial charge in [-0.1, -0.05) is 20.3 Å². The molecule has 2 N–H and O–H groups in total. The molecule has 0 saturated carbocycles. The molecule has 0 fully saturated rings. The smallest absolute Gasteiger partial charge is 0.280 e. The lowest BCUT2D eigenvalue weighted by Gasteiger charge is -2.17. The van der Waals surface area contributed by atoms with Crippen molar-refractivity contribution in [2.24, 2.45) is 5.92 Å². The Morgan fingerprint density at radius 1 is 1.50 bits per heavy atom. The van der Waals surface area contributed by atoms with E-state index in [-0.39, 0.29) is 5.56 Å². The highest BCUT2D eigenvalue weighted by atomic mass is 32.1. The number of nitrogens with two attached hydrogens (primary N) is 1. The van der Waals surface area contributed by atoms with Gasteiger partial charge >= 0.3 is 0 Å². The molecule has 20 heavy (non-hydrogen) atoms.